The Kier molecular flexibility index (Phi) is 11.7. The highest BCUT2D eigenvalue weighted by Gasteiger charge is 2.49. The van der Waals surface area contributed by atoms with Gasteiger partial charge >= 0.3 is 12.4 Å². The highest BCUT2D eigenvalue weighted by Crippen LogP contribution is 2.54. The first-order valence-corrected chi connectivity index (χ1v) is 25.2. The molecule has 4 aliphatic rings. The third-order valence-corrected chi connectivity index (χ3v) is 17.2. The Labute approximate surface area is 409 Å². The van der Waals surface area contributed by atoms with Crippen LogP contribution in [-0.2, 0) is 25.2 Å². The van der Waals surface area contributed by atoms with Gasteiger partial charge in [-0.2, -0.15) is 36.3 Å². The van der Waals surface area contributed by atoms with Gasteiger partial charge in [0.15, 0.2) is 38.4 Å². The van der Waals surface area contributed by atoms with E-state index in [4.69, 9.17) is 23.1 Å². The van der Waals surface area contributed by atoms with Crippen molar-refractivity contribution in [3.8, 4) is 0 Å². The number of hydrogen-bond donors (Lipinski definition) is 4. The van der Waals surface area contributed by atoms with Crippen LogP contribution in [0.3, 0.4) is 0 Å². The lowest BCUT2D eigenvalue weighted by molar-refractivity contribution is -0.144. The van der Waals surface area contributed by atoms with Gasteiger partial charge in [0.1, 0.15) is 10.1 Å². The maximum atomic E-state index is 13.3. The predicted octanol–water partition coefficient (Wildman–Crippen LogP) is 9.09. The molecule has 8 aromatic heterocycles. The number of nitrogens with two attached hydrogens (primary N) is 2. The van der Waals surface area contributed by atoms with Crippen LogP contribution in [0.1, 0.15) is 70.3 Å². The molecule has 0 unspecified atom stereocenters. The van der Waals surface area contributed by atoms with Crippen LogP contribution in [0.15, 0.2) is 74.4 Å². The Balaban J connectivity index is 0.000000151. The molecule has 16 nitrogen and oxygen atoms in total. The van der Waals surface area contributed by atoms with E-state index in [0.717, 1.165) is 112 Å². The fourth-order valence-corrected chi connectivity index (χ4v) is 13.7. The van der Waals surface area contributed by atoms with E-state index in [1.165, 1.54) is 57.8 Å². The minimum absolute atomic E-state index is 0.0263. The van der Waals surface area contributed by atoms with E-state index in [1.54, 1.807) is 11.3 Å². The number of anilines is 2. The van der Waals surface area contributed by atoms with E-state index in [0.29, 0.717) is 49.0 Å². The summed E-state index contributed by atoms with van der Waals surface area (Å²) in [6.07, 6.45) is 1.48. The van der Waals surface area contributed by atoms with Crippen molar-refractivity contribution in [1.29, 1.82) is 0 Å². The van der Waals surface area contributed by atoms with Crippen LogP contribution >= 0.6 is 57.8 Å². The van der Waals surface area contributed by atoms with Crippen molar-refractivity contribution in [3.63, 3.8) is 0 Å². The maximum Gasteiger partial charge on any atom is 0.434 e. The molecular weight excluding hydrogens is 1010 g/mol. The average molecular weight is 1040 g/mol. The van der Waals surface area contributed by atoms with Crippen LogP contribution in [0, 0.1) is 10.8 Å². The van der Waals surface area contributed by atoms with Crippen molar-refractivity contribution in [1.82, 2.24) is 59.8 Å². The molecule has 6 N–H and O–H groups in total. The number of piperidine rings is 2. The molecule has 0 bridgehead atoms. The lowest BCUT2D eigenvalue weighted by Crippen LogP contribution is -2.44. The fraction of sp³-hybridized carbons (Fsp3) is 0.381. The molecule has 27 heteroatoms. The Bertz CT molecular complexity index is 3200. The van der Waals surface area contributed by atoms with Crippen LogP contribution in [0.25, 0.3) is 22.6 Å². The summed E-state index contributed by atoms with van der Waals surface area (Å²) in [5, 5.41) is 0.646. The number of halogens is 7. The van der Waals surface area contributed by atoms with Crippen LogP contribution in [0.2, 0.25) is 4.47 Å². The number of nitrogens with zero attached hydrogens (tertiary/aromatic N) is 12. The number of H-pyrrole nitrogens is 2. The number of rotatable bonds is 6. The molecule has 0 saturated carbocycles. The summed E-state index contributed by atoms with van der Waals surface area (Å²) in [4.78, 5) is 55.5. The summed E-state index contributed by atoms with van der Waals surface area (Å²) in [5.74, 6) is 1.29. The molecule has 69 heavy (non-hydrogen) atoms. The van der Waals surface area contributed by atoms with Gasteiger partial charge in [0, 0.05) is 58.1 Å². The summed E-state index contributed by atoms with van der Waals surface area (Å²) in [5.41, 5.74) is 16.8. The molecular formula is C42H37ClF6N16S4. The minimum atomic E-state index is -4.55. The first-order chi connectivity index (χ1) is 33.0. The normalized spacial score (nSPS) is 19.7. The van der Waals surface area contributed by atoms with E-state index in [9.17, 15) is 26.3 Å². The summed E-state index contributed by atoms with van der Waals surface area (Å²) in [7, 11) is 0. The number of imidazole rings is 2. The largest absolute Gasteiger partial charge is 0.434 e. The molecule has 2 saturated heterocycles. The van der Waals surface area contributed by atoms with Gasteiger partial charge in [-0.1, -0.05) is 35.1 Å². The standard InChI is InChI=1S/C21H18ClF3N8S2.C21H19F3N8S2/c22-18-30-13-11(35-18)8-20(14(13)26)3-6-33(7-4-20)19-31-16-17(32-19)29-12(9-28-16)34-10-2-1-5-27-15(10)21(23,24)25;22-21(23,24)16-11(2-1-5-26-16)34-13-9-27-17-18(29-13)31-19(30-17)32-6-3-20(4-7-32)8-12-14(15(20)25)28-10-33-12/h1-2,5,9,14H,3-4,6-8,26H2,(H,28,29,31,32);1-2,5,9-10,15H,3-4,6-8,25H2,(H,27,29,30,31)/t14-;15-/m11/s1. The van der Waals surface area contributed by atoms with Crippen LogP contribution in [-0.4, -0.2) is 86.0 Å². The zero-order valence-corrected chi connectivity index (χ0v) is 39.7. The number of nitrogens with one attached hydrogen (secondary N) is 2. The van der Waals surface area contributed by atoms with Crippen LogP contribution < -0.4 is 21.3 Å². The zero-order chi connectivity index (χ0) is 47.9. The minimum Gasteiger partial charge on any atom is -0.342 e. The summed E-state index contributed by atoms with van der Waals surface area (Å²) in [6, 6.07) is 5.49. The van der Waals surface area contributed by atoms with Crippen molar-refractivity contribution >= 4 is 92.3 Å². The Morgan fingerprint density at radius 1 is 0.638 bits per heavy atom. The van der Waals surface area contributed by atoms with Gasteiger partial charge in [-0.25, -0.2) is 29.9 Å². The average Bonchev–Trinajstić information content (AvgIpc) is 4.19. The van der Waals surface area contributed by atoms with Gasteiger partial charge in [0.05, 0.1) is 41.4 Å². The smallest absolute Gasteiger partial charge is 0.342 e. The van der Waals surface area contributed by atoms with Crippen LogP contribution in [0.5, 0.6) is 0 Å². The first kappa shape index (κ1) is 46.2. The Hall–Kier alpha value is -5.25. The Morgan fingerprint density at radius 3 is 1.58 bits per heavy atom. The van der Waals surface area contributed by atoms with Crippen molar-refractivity contribution in [2.45, 2.75) is 82.8 Å². The molecule has 0 amide bonds. The van der Waals surface area contributed by atoms with Gasteiger partial charge in [0.25, 0.3) is 0 Å². The zero-order valence-electron chi connectivity index (χ0n) is 35.7. The number of fused-ring (bicyclic) bond motifs is 4. The summed E-state index contributed by atoms with van der Waals surface area (Å²) < 4.78 is 80.1. The van der Waals surface area contributed by atoms with Gasteiger partial charge in [0.2, 0.25) is 11.9 Å². The molecule has 12 rings (SSSR count). The second kappa shape index (κ2) is 17.6. The topological polar surface area (TPSA) is 219 Å². The van der Waals surface area contributed by atoms with E-state index in [2.05, 4.69) is 69.6 Å². The molecule has 8 aromatic rings. The predicted molar refractivity (Wildman–Crippen MR) is 248 cm³/mol. The number of alkyl halides is 6. The van der Waals surface area contributed by atoms with Crippen molar-refractivity contribution in [2.75, 3.05) is 36.0 Å². The molecule has 0 radical (unpaired) electrons. The third-order valence-electron chi connectivity index (χ3n) is 13.3. The maximum absolute atomic E-state index is 13.3. The van der Waals surface area contributed by atoms with Crippen molar-refractivity contribution in [2.24, 2.45) is 22.3 Å². The monoisotopic (exact) mass is 1040 g/mol. The molecule has 2 spiro atoms. The van der Waals surface area contributed by atoms with Crippen molar-refractivity contribution in [3.05, 3.63) is 91.6 Å². The number of aromatic amines is 2. The van der Waals surface area contributed by atoms with Gasteiger partial charge < -0.3 is 31.2 Å². The van der Waals surface area contributed by atoms with Gasteiger partial charge in [-0.05, 0) is 73.6 Å². The second-order valence-corrected chi connectivity index (χ2v) is 22.0. The highest BCUT2D eigenvalue weighted by molar-refractivity contribution is 7.99. The van der Waals surface area contributed by atoms with Crippen LogP contribution in [0.4, 0.5) is 38.2 Å². The van der Waals surface area contributed by atoms with Crippen molar-refractivity contribution < 1.29 is 26.3 Å². The van der Waals surface area contributed by atoms with Gasteiger partial charge in [-0.15, -0.1) is 22.7 Å². The number of hydrogen-bond acceptors (Lipinski definition) is 18. The Morgan fingerprint density at radius 2 is 1.12 bits per heavy atom. The van der Waals surface area contributed by atoms with E-state index in [1.807, 2.05) is 5.51 Å². The molecule has 10 heterocycles. The second-order valence-electron chi connectivity index (χ2n) is 17.2. The van der Waals surface area contributed by atoms with E-state index in [-0.39, 0.29) is 32.7 Å². The molecule has 358 valence electrons. The lowest BCUT2D eigenvalue weighted by atomic mass is 9.74. The highest BCUT2D eigenvalue weighted by atomic mass is 35.5. The first-order valence-electron chi connectivity index (χ1n) is 21.5. The number of pyridine rings is 2. The summed E-state index contributed by atoms with van der Waals surface area (Å²) >= 11 is 11.0. The SMILES string of the molecule is N[C@@H]1c2nc(Cl)sc2CC12CCN(c1nc3ncc(Sc4cccnc4C(F)(F)F)nc3[nH]1)CC2.N[C@@H]1c2ncsc2CC12CCN(c1nc3ncc(Sc4cccnc4C(F)(F)F)nc3[nH]1)CC2. The van der Waals surface area contributed by atoms with Gasteiger partial charge in [-0.3, -0.25) is 9.97 Å². The summed E-state index contributed by atoms with van der Waals surface area (Å²) in [6.45, 7) is 3.08. The van der Waals surface area contributed by atoms with E-state index < -0.39 is 23.7 Å². The van der Waals surface area contributed by atoms with E-state index >= 15 is 0 Å². The fourth-order valence-electron chi connectivity index (χ4n) is 9.64. The number of thiazole rings is 2. The molecule has 0 aromatic carbocycles. The quantitative estimate of drug-likeness (QED) is 0.114. The molecule has 2 fully saturated rings. The third kappa shape index (κ3) is 8.74. The molecule has 2 aliphatic heterocycles. The number of aromatic nitrogens is 12. The molecule has 2 atom stereocenters. The lowest BCUT2D eigenvalue weighted by Gasteiger charge is -2.41. The molecule has 2 aliphatic carbocycles.